The Labute approximate surface area is 197 Å². The van der Waals surface area contributed by atoms with E-state index in [2.05, 4.69) is 15.2 Å². The van der Waals surface area contributed by atoms with E-state index in [1.165, 1.54) is 0 Å². The van der Waals surface area contributed by atoms with E-state index in [-0.39, 0.29) is 22.2 Å². The Kier molecular flexibility index (Phi) is 6.92. The molecule has 1 aromatic heterocycles. The molecule has 1 N–H and O–H groups in total. The van der Waals surface area contributed by atoms with Crippen LogP contribution in [0.25, 0.3) is 0 Å². The molecule has 7 nitrogen and oxygen atoms in total. The normalized spacial score (nSPS) is 16.7. The van der Waals surface area contributed by atoms with Gasteiger partial charge in [-0.3, -0.25) is 4.79 Å². The average Bonchev–Trinajstić information content (AvgIpc) is 3.23. The molecule has 2 heterocycles. The number of hydrogen-bond acceptors (Lipinski definition) is 6. The molecule has 1 aliphatic carbocycles. The van der Waals surface area contributed by atoms with E-state index in [0.29, 0.717) is 5.03 Å². The molecule has 0 spiro atoms. The van der Waals surface area contributed by atoms with E-state index < -0.39 is 17.6 Å². The fourth-order valence-corrected chi connectivity index (χ4v) is 5.08. The number of thioether (sulfide) groups is 1. The zero-order valence-corrected chi connectivity index (χ0v) is 19.5. The van der Waals surface area contributed by atoms with E-state index in [0.717, 1.165) is 86.7 Å². The summed E-state index contributed by atoms with van der Waals surface area (Å²) in [4.78, 5) is 31.7. The van der Waals surface area contributed by atoms with Crippen molar-refractivity contribution in [3.63, 3.8) is 0 Å². The summed E-state index contributed by atoms with van der Waals surface area (Å²) in [6, 6.07) is 2.76. The first-order valence-corrected chi connectivity index (χ1v) is 11.9. The average molecular weight is 502 g/mol. The number of carbonyl (C=O) groups excluding carboxylic acids is 1. The number of alkyl halides is 3. The van der Waals surface area contributed by atoms with Crippen molar-refractivity contribution in [3.05, 3.63) is 50.5 Å². The Morgan fingerprint density at radius 1 is 1.21 bits per heavy atom. The number of anilines is 1. The molecule has 1 saturated heterocycles. The molecule has 2 aliphatic rings. The lowest BCUT2D eigenvalue weighted by molar-refractivity contribution is -0.137. The number of nitrogens with zero attached hydrogens (tertiary/aromatic N) is 4. The van der Waals surface area contributed by atoms with Gasteiger partial charge in [-0.2, -0.15) is 18.2 Å². The highest BCUT2D eigenvalue weighted by Gasteiger charge is 2.31. The number of likely N-dealkylation sites (N-methyl/N-ethyl adjacent to an activating group) is 1. The van der Waals surface area contributed by atoms with Crippen LogP contribution in [0.1, 0.15) is 23.2 Å². The molecule has 1 aromatic carbocycles. The van der Waals surface area contributed by atoms with E-state index in [9.17, 15) is 22.8 Å². The Hall–Kier alpha value is -2.24. The van der Waals surface area contributed by atoms with Crippen molar-refractivity contribution in [3.8, 4) is 0 Å². The van der Waals surface area contributed by atoms with Gasteiger partial charge in [-0.05, 0) is 44.5 Å². The molecule has 178 valence electrons. The molecule has 0 bridgehead atoms. The number of halogens is 4. The highest BCUT2D eigenvalue weighted by molar-refractivity contribution is 8.00. The maximum atomic E-state index is 13.0. The minimum atomic E-state index is -4.54. The van der Waals surface area contributed by atoms with E-state index in [1.54, 1.807) is 4.68 Å². The topological polar surface area (TPSA) is 70.5 Å². The number of amides is 1. The maximum Gasteiger partial charge on any atom is 0.416 e. The van der Waals surface area contributed by atoms with Gasteiger partial charge in [-0.25, -0.2) is 9.47 Å². The van der Waals surface area contributed by atoms with Crippen molar-refractivity contribution in [2.75, 3.05) is 49.3 Å². The van der Waals surface area contributed by atoms with Gasteiger partial charge in [-0.15, -0.1) is 0 Å². The summed E-state index contributed by atoms with van der Waals surface area (Å²) in [7, 11) is 2.04. The molecule has 4 rings (SSSR count). The molecule has 33 heavy (non-hydrogen) atoms. The molecule has 1 aliphatic heterocycles. The number of aromatic nitrogens is 2. The summed E-state index contributed by atoms with van der Waals surface area (Å²) < 4.78 is 40.5. The second kappa shape index (κ2) is 9.55. The molecule has 1 fully saturated rings. The predicted octanol–water partition coefficient (Wildman–Crippen LogP) is 3.02. The lowest BCUT2D eigenvalue weighted by atomic mass is 10.2. The van der Waals surface area contributed by atoms with E-state index in [1.807, 2.05) is 12.1 Å². The fourth-order valence-electron chi connectivity index (χ4n) is 4.03. The quantitative estimate of drug-likeness (QED) is 0.502. The van der Waals surface area contributed by atoms with Gasteiger partial charge in [0.15, 0.2) is 0 Å². The van der Waals surface area contributed by atoms with Crippen molar-refractivity contribution in [2.24, 2.45) is 0 Å². The van der Waals surface area contributed by atoms with Crippen molar-refractivity contribution >= 4 is 35.0 Å². The molecular formula is C21H23ClF3N5O2S. The number of fused-ring (bicyclic) bond motifs is 1. The molecular weight excluding hydrogens is 479 g/mol. The van der Waals surface area contributed by atoms with Gasteiger partial charge >= 0.3 is 11.9 Å². The third-order valence-electron chi connectivity index (χ3n) is 5.75. The second-order valence-corrected chi connectivity index (χ2v) is 9.45. The Balaban J connectivity index is 1.48. The van der Waals surface area contributed by atoms with Crippen LogP contribution in [-0.2, 0) is 23.8 Å². The van der Waals surface area contributed by atoms with Crippen LogP contribution >= 0.6 is 23.4 Å². The summed E-state index contributed by atoms with van der Waals surface area (Å²) in [5, 5.41) is 4.96. The Morgan fingerprint density at radius 2 is 1.94 bits per heavy atom. The lowest BCUT2D eigenvalue weighted by Gasteiger charge is -2.35. The predicted molar refractivity (Wildman–Crippen MR) is 122 cm³/mol. The van der Waals surface area contributed by atoms with Gasteiger partial charge in [0.05, 0.1) is 27.7 Å². The van der Waals surface area contributed by atoms with Crippen molar-refractivity contribution in [1.29, 1.82) is 0 Å². The van der Waals surface area contributed by atoms with Crippen molar-refractivity contribution in [1.82, 2.24) is 14.6 Å². The van der Waals surface area contributed by atoms with Gasteiger partial charge in [-0.1, -0.05) is 23.4 Å². The number of carbonyl (C=O) groups is 1. The van der Waals surface area contributed by atoms with Crippen molar-refractivity contribution < 1.29 is 18.0 Å². The van der Waals surface area contributed by atoms with E-state index in [4.69, 9.17) is 11.6 Å². The summed E-state index contributed by atoms with van der Waals surface area (Å²) in [5.74, 6) is -0.637. The zero-order chi connectivity index (χ0) is 23.8. The molecule has 12 heteroatoms. The Bertz CT molecular complexity index is 1120. The van der Waals surface area contributed by atoms with Crippen LogP contribution in [0.15, 0.2) is 28.0 Å². The highest BCUT2D eigenvalue weighted by Crippen LogP contribution is 2.34. The molecule has 1 amide bonds. The number of nitrogens with one attached hydrogen (secondary N) is 1. The maximum absolute atomic E-state index is 13.0. The van der Waals surface area contributed by atoms with Crippen LogP contribution in [-0.4, -0.2) is 59.4 Å². The standard InChI is InChI=1S/C21H23ClF3N5O2S/c1-28-7-9-29(10-8-28)30-17-4-2-3-14(17)19(27-20(30)32)33-12-18(31)26-16-11-13(21(23,24)25)5-6-15(16)22/h5-6,11H,2-4,7-10,12H2,1H3,(H,26,31). The molecule has 0 atom stereocenters. The van der Waals surface area contributed by atoms with Gasteiger partial charge in [0.2, 0.25) is 5.91 Å². The fraction of sp³-hybridized carbons (Fsp3) is 0.476. The third-order valence-corrected chi connectivity index (χ3v) is 7.10. The number of benzene rings is 1. The van der Waals surface area contributed by atoms with Crippen LogP contribution in [0.5, 0.6) is 0 Å². The molecule has 0 radical (unpaired) electrons. The van der Waals surface area contributed by atoms with E-state index >= 15 is 0 Å². The first-order valence-electron chi connectivity index (χ1n) is 10.5. The van der Waals surface area contributed by atoms with Crippen LogP contribution in [0.3, 0.4) is 0 Å². The third kappa shape index (κ3) is 5.30. The lowest BCUT2D eigenvalue weighted by Crippen LogP contribution is -2.54. The number of piperazine rings is 1. The van der Waals surface area contributed by atoms with Crippen LogP contribution in [0.2, 0.25) is 5.02 Å². The largest absolute Gasteiger partial charge is 0.416 e. The van der Waals surface area contributed by atoms with Crippen LogP contribution < -0.4 is 16.0 Å². The van der Waals surface area contributed by atoms with Crippen LogP contribution in [0, 0.1) is 0 Å². The second-order valence-electron chi connectivity index (χ2n) is 8.08. The zero-order valence-electron chi connectivity index (χ0n) is 17.9. The van der Waals surface area contributed by atoms with Gasteiger partial charge in [0.1, 0.15) is 5.03 Å². The Morgan fingerprint density at radius 3 is 2.64 bits per heavy atom. The highest BCUT2D eigenvalue weighted by atomic mass is 35.5. The monoisotopic (exact) mass is 501 g/mol. The van der Waals surface area contributed by atoms with Crippen molar-refractivity contribution in [2.45, 2.75) is 30.5 Å². The van der Waals surface area contributed by atoms with Gasteiger partial charge < -0.3 is 15.2 Å². The first kappa shape index (κ1) is 23.9. The number of rotatable bonds is 5. The summed E-state index contributed by atoms with van der Waals surface area (Å²) in [6.07, 6.45) is -2.12. The molecule has 2 aromatic rings. The summed E-state index contributed by atoms with van der Waals surface area (Å²) in [6.45, 7) is 3.18. The van der Waals surface area contributed by atoms with Gasteiger partial charge in [0.25, 0.3) is 0 Å². The molecule has 0 unspecified atom stereocenters. The minimum Gasteiger partial charge on any atom is -0.324 e. The SMILES string of the molecule is CN1CCN(n2c3c(c(SCC(=O)Nc4cc(C(F)(F)F)ccc4Cl)nc2=O)CCC3)CC1. The summed E-state index contributed by atoms with van der Waals surface area (Å²) >= 11 is 7.06. The summed E-state index contributed by atoms with van der Waals surface area (Å²) in [5.41, 5.74) is 0.512. The van der Waals surface area contributed by atoms with Gasteiger partial charge in [0, 0.05) is 31.7 Å². The van der Waals surface area contributed by atoms with Crippen LogP contribution in [0.4, 0.5) is 18.9 Å². The first-order chi connectivity index (χ1) is 15.6. The number of hydrogen-bond donors (Lipinski definition) is 1. The minimum absolute atomic E-state index is 0.00939. The smallest absolute Gasteiger partial charge is 0.324 e. The molecule has 0 saturated carbocycles.